The van der Waals surface area contributed by atoms with E-state index < -0.39 is 0 Å². The van der Waals surface area contributed by atoms with Crippen LogP contribution in [0.15, 0.2) is 0 Å². The van der Waals surface area contributed by atoms with E-state index in [0.29, 0.717) is 0 Å². The van der Waals surface area contributed by atoms with Gasteiger partial charge in [0.2, 0.25) is 0 Å². The topological polar surface area (TPSA) is 6.48 Å². The van der Waals surface area contributed by atoms with Crippen molar-refractivity contribution in [2.24, 2.45) is 11.8 Å². The number of hydrogen-bond acceptors (Lipinski definition) is 2. The Morgan fingerprint density at radius 3 is 1.92 bits per heavy atom. The zero-order chi connectivity index (χ0) is 9.26. The second-order valence-electron chi connectivity index (χ2n) is 4.96. The second-order valence-corrected chi connectivity index (χ2v) is 4.96. The van der Waals surface area contributed by atoms with Crippen molar-refractivity contribution in [1.29, 1.82) is 0 Å². The van der Waals surface area contributed by atoms with Crippen LogP contribution in [0.2, 0.25) is 0 Å². The molecule has 1 aliphatic heterocycles. The third kappa shape index (κ3) is 2.23. The highest BCUT2D eigenvalue weighted by molar-refractivity contribution is 4.78. The van der Waals surface area contributed by atoms with Gasteiger partial charge in [-0.1, -0.05) is 6.42 Å². The summed E-state index contributed by atoms with van der Waals surface area (Å²) in [6.07, 6.45) is 7.39. The molecule has 1 heterocycles. The van der Waals surface area contributed by atoms with Crippen molar-refractivity contribution >= 4 is 0 Å². The minimum absolute atomic E-state index is 0.981. The molecule has 2 aliphatic rings. The van der Waals surface area contributed by atoms with Crippen LogP contribution in [0.3, 0.4) is 0 Å². The van der Waals surface area contributed by atoms with Gasteiger partial charge in [0, 0.05) is 27.2 Å². The summed E-state index contributed by atoms with van der Waals surface area (Å²) in [5, 5.41) is 4.83. The van der Waals surface area contributed by atoms with E-state index in [-0.39, 0.29) is 0 Å². The van der Waals surface area contributed by atoms with Crippen LogP contribution >= 0.6 is 0 Å². The maximum absolute atomic E-state index is 2.54. The first kappa shape index (κ1) is 9.47. The third-order valence-electron chi connectivity index (χ3n) is 3.71. The van der Waals surface area contributed by atoms with Gasteiger partial charge in [0.25, 0.3) is 0 Å². The van der Waals surface area contributed by atoms with Crippen molar-refractivity contribution in [1.82, 2.24) is 10.0 Å². The fraction of sp³-hybridized carbons (Fsp3) is 1.00. The molecular weight excluding hydrogens is 160 g/mol. The van der Waals surface area contributed by atoms with Crippen molar-refractivity contribution in [3.8, 4) is 0 Å². The normalized spacial score (nSPS) is 36.2. The van der Waals surface area contributed by atoms with Crippen LogP contribution in [-0.2, 0) is 0 Å². The van der Waals surface area contributed by atoms with Crippen LogP contribution in [-0.4, -0.2) is 37.2 Å². The molecule has 0 spiro atoms. The molecule has 0 aromatic heterocycles. The molecule has 13 heavy (non-hydrogen) atoms. The Bertz CT molecular complexity index is 153. The molecule has 1 aliphatic carbocycles. The maximum atomic E-state index is 2.54. The van der Waals surface area contributed by atoms with Gasteiger partial charge in [-0.25, -0.2) is 10.0 Å². The lowest BCUT2D eigenvalue weighted by Crippen LogP contribution is -2.42. The molecule has 0 aromatic carbocycles. The standard InChI is InChI=1S/C11H22N2/c1-12(2)13-8-10-4-3-5-11(9-13)7-6-10/h10-11H,3-9H2,1-2H3. The van der Waals surface area contributed by atoms with E-state index in [2.05, 4.69) is 24.1 Å². The highest BCUT2D eigenvalue weighted by Crippen LogP contribution is 2.32. The summed E-state index contributed by atoms with van der Waals surface area (Å²) in [7, 11) is 4.36. The summed E-state index contributed by atoms with van der Waals surface area (Å²) in [5.41, 5.74) is 0. The Morgan fingerprint density at radius 1 is 0.923 bits per heavy atom. The third-order valence-corrected chi connectivity index (χ3v) is 3.71. The van der Waals surface area contributed by atoms with Crippen molar-refractivity contribution in [2.45, 2.75) is 32.1 Å². The van der Waals surface area contributed by atoms with Crippen LogP contribution < -0.4 is 0 Å². The SMILES string of the molecule is CN(C)N1CC2CCCC(CC2)C1. The molecule has 2 atom stereocenters. The molecule has 76 valence electrons. The Hall–Kier alpha value is -0.0800. The number of hydrogen-bond donors (Lipinski definition) is 0. The summed E-state index contributed by atoms with van der Waals surface area (Å²) in [5.74, 6) is 1.96. The van der Waals surface area contributed by atoms with Crippen LogP contribution in [0, 0.1) is 11.8 Å². The monoisotopic (exact) mass is 182 g/mol. The van der Waals surface area contributed by atoms with Crippen molar-refractivity contribution < 1.29 is 0 Å². The number of hydrazine groups is 1. The van der Waals surface area contributed by atoms with E-state index in [1.165, 1.54) is 45.2 Å². The minimum atomic E-state index is 0.981. The molecule has 1 saturated heterocycles. The molecule has 2 fully saturated rings. The molecule has 0 N–H and O–H groups in total. The summed E-state index contributed by atoms with van der Waals surface area (Å²) >= 11 is 0. The van der Waals surface area contributed by atoms with Crippen LogP contribution in [0.4, 0.5) is 0 Å². The Kier molecular flexibility index (Phi) is 2.89. The average molecular weight is 182 g/mol. The van der Waals surface area contributed by atoms with Gasteiger partial charge in [-0.05, 0) is 37.5 Å². The van der Waals surface area contributed by atoms with Crippen LogP contribution in [0.5, 0.6) is 0 Å². The van der Waals surface area contributed by atoms with Crippen LogP contribution in [0.25, 0.3) is 0 Å². The van der Waals surface area contributed by atoms with Gasteiger partial charge in [0.05, 0.1) is 0 Å². The predicted molar refractivity (Wildman–Crippen MR) is 55.3 cm³/mol. The van der Waals surface area contributed by atoms with E-state index >= 15 is 0 Å². The van der Waals surface area contributed by atoms with E-state index in [0.717, 1.165) is 11.8 Å². The van der Waals surface area contributed by atoms with Gasteiger partial charge in [0.15, 0.2) is 0 Å². The summed E-state index contributed by atoms with van der Waals surface area (Å²) < 4.78 is 0. The van der Waals surface area contributed by atoms with Gasteiger partial charge >= 0.3 is 0 Å². The van der Waals surface area contributed by atoms with Crippen molar-refractivity contribution in [2.75, 3.05) is 27.2 Å². The fourth-order valence-corrected chi connectivity index (χ4v) is 2.82. The largest absolute Gasteiger partial charge is 0.248 e. The lowest BCUT2D eigenvalue weighted by Gasteiger charge is -2.33. The second kappa shape index (κ2) is 3.97. The zero-order valence-corrected chi connectivity index (χ0v) is 9.00. The number of rotatable bonds is 1. The quantitative estimate of drug-likeness (QED) is 0.612. The first-order chi connectivity index (χ1) is 6.25. The molecule has 1 saturated carbocycles. The fourth-order valence-electron chi connectivity index (χ4n) is 2.82. The smallest absolute Gasteiger partial charge is 0.0161 e. The molecule has 0 aromatic rings. The van der Waals surface area contributed by atoms with Crippen molar-refractivity contribution in [3.63, 3.8) is 0 Å². The van der Waals surface area contributed by atoms with Gasteiger partial charge in [-0.15, -0.1) is 0 Å². The molecule has 2 bridgehead atoms. The first-order valence-corrected chi connectivity index (χ1v) is 5.68. The Morgan fingerprint density at radius 2 is 1.46 bits per heavy atom. The molecule has 2 unspecified atom stereocenters. The number of nitrogens with zero attached hydrogens (tertiary/aromatic N) is 2. The molecular formula is C11H22N2. The zero-order valence-electron chi connectivity index (χ0n) is 9.00. The molecule has 2 nitrogen and oxygen atoms in total. The lowest BCUT2D eigenvalue weighted by molar-refractivity contribution is -0.00132. The molecule has 2 heteroatoms. The Labute approximate surface area is 81.9 Å². The summed E-state index contributed by atoms with van der Waals surface area (Å²) in [6.45, 7) is 2.62. The van der Waals surface area contributed by atoms with Crippen molar-refractivity contribution in [3.05, 3.63) is 0 Å². The summed E-state index contributed by atoms with van der Waals surface area (Å²) in [6, 6.07) is 0. The van der Waals surface area contributed by atoms with E-state index in [4.69, 9.17) is 0 Å². The molecule has 0 amide bonds. The molecule has 0 radical (unpaired) electrons. The van der Waals surface area contributed by atoms with E-state index in [1.54, 1.807) is 0 Å². The maximum Gasteiger partial charge on any atom is 0.0161 e. The highest BCUT2D eigenvalue weighted by Gasteiger charge is 2.27. The van der Waals surface area contributed by atoms with Gasteiger partial charge in [-0.3, -0.25) is 0 Å². The summed E-state index contributed by atoms with van der Waals surface area (Å²) in [4.78, 5) is 0. The number of fused-ring (bicyclic) bond motifs is 3. The lowest BCUT2D eigenvalue weighted by atomic mass is 10.0. The van der Waals surface area contributed by atoms with Gasteiger partial charge in [-0.2, -0.15) is 0 Å². The Balaban J connectivity index is 2.03. The van der Waals surface area contributed by atoms with Gasteiger partial charge in [0.1, 0.15) is 0 Å². The first-order valence-electron chi connectivity index (χ1n) is 5.68. The predicted octanol–water partition coefficient (Wildman–Crippen LogP) is 1.98. The highest BCUT2D eigenvalue weighted by atomic mass is 15.6. The van der Waals surface area contributed by atoms with Crippen LogP contribution in [0.1, 0.15) is 32.1 Å². The average Bonchev–Trinajstić information content (AvgIpc) is 2.34. The van der Waals surface area contributed by atoms with E-state index in [1.807, 2.05) is 0 Å². The van der Waals surface area contributed by atoms with E-state index in [9.17, 15) is 0 Å². The van der Waals surface area contributed by atoms with Gasteiger partial charge < -0.3 is 0 Å². The molecule has 2 rings (SSSR count). The minimum Gasteiger partial charge on any atom is -0.248 e.